The van der Waals surface area contributed by atoms with Gasteiger partial charge in [-0.1, -0.05) is 35.2 Å². The summed E-state index contributed by atoms with van der Waals surface area (Å²) in [5, 5.41) is 11.7. The first-order valence-electron chi connectivity index (χ1n) is 7.13. The van der Waals surface area contributed by atoms with Crippen LogP contribution < -0.4 is 5.32 Å². The normalized spacial score (nSPS) is 16.4. The zero-order chi connectivity index (χ0) is 13.8. The van der Waals surface area contributed by atoms with Crippen molar-refractivity contribution in [2.75, 3.05) is 0 Å². The van der Waals surface area contributed by atoms with Crippen LogP contribution in [0.25, 0.3) is 11.5 Å². The summed E-state index contributed by atoms with van der Waals surface area (Å²) in [6.45, 7) is 0.661. The second kappa shape index (κ2) is 6.50. The van der Waals surface area contributed by atoms with Crippen LogP contribution in [0.5, 0.6) is 0 Å². The third-order valence-corrected chi connectivity index (χ3v) is 4.23. The van der Waals surface area contributed by atoms with Gasteiger partial charge in [-0.3, -0.25) is 0 Å². The van der Waals surface area contributed by atoms with E-state index in [0.29, 0.717) is 24.4 Å². The Hall–Kier alpha value is -1.20. The van der Waals surface area contributed by atoms with Gasteiger partial charge in [0.2, 0.25) is 11.8 Å². The summed E-state index contributed by atoms with van der Waals surface area (Å²) in [5.41, 5.74) is 0.949. The number of hydrogen-bond acceptors (Lipinski definition) is 4. The lowest BCUT2D eigenvalue weighted by atomic mass is 9.95. The lowest BCUT2D eigenvalue weighted by molar-refractivity contribution is 0.354. The fourth-order valence-corrected chi connectivity index (χ4v) is 2.84. The zero-order valence-corrected chi connectivity index (χ0v) is 12.9. The first-order valence-corrected chi connectivity index (χ1v) is 7.92. The van der Waals surface area contributed by atoms with Crippen molar-refractivity contribution in [1.29, 1.82) is 0 Å². The molecule has 1 aromatic heterocycles. The molecule has 106 valence electrons. The summed E-state index contributed by atoms with van der Waals surface area (Å²) >= 11 is 3.42. The highest BCUT2D eigenvalue weighted by atomic mass is 79.9. The molecule has 0 bridgehead atoms. The molecule has 1 aliphatic rings. The Morgan fingerprint density at radius 3 is 2.60 bits per heavy atom. The number of halogens is 1. The van der Waals surface area contributed by atoms with E-state index in [1.54, 1.807) is 0 Å². The Morgan fingerprint density at radius 2 is 1.85 bits per heavy atom. The largest absolute Gasteiger partial charge is 0.419 e. The second-order valence-corrected chi connectivity index (χ2v) is 6.14. The highest BCUT2D eigenvalue weighted by Gasteiger charge is 2.14. The van der Waals surface area contributed by atoms with E-state index in [0.717, 1.165) is 10.0 Å². The van der Waals surface area contributed by atoms with Crippen LogP contribution in [0.2, 0.25) is 0 Å². The summed E-state index contributed by atoms with van der Waals surface area (Å²) in [6.07, 6.45) is 6.53. The number of benzene rings is 1. The molecule has 0 spiro atoms. The van der Waals surface area contributed by atoms with Crippen LogP contribution in [0.3, 0.4) is 0 Å². The molecule has 0 aliphatic heterocycles. The smallest absolute Gasteiger partial charge is 0.247 e. The molecule has 1 fully saturated rings. The van der Waals surface area contributed by atoms with Crippen molar-refractivity contribution in [1.82, 2.24) is 15.5 Å². The fraction of sp³-hybridized carbons (Fsp3) is 0.467. The molecule has 0 radical (unpaired) electrons. The van der Waals surface area contributed by atoms with Gasteiger partial charge in [-0.25, -0.2) is 0 Å². The van der Waals surface area contributed by atoms with Gasteiger partial charge in [-0.15, -0.1) is 10.2 Å². The van der Waals surface area contributed by atoms with Crippen molar-refractivity contribution in [2.24, 2.45) is 0 Å². The summed E-state index contributed by atoms with van der Waals surface area (Å²) in [6, 6.07) is 8.48. The molecular weight excluding hydrogens is 318 g/mol. The van der Waals surface area contributed by atoms with Gasteiger partial charge in [0.25, 0.3) is 0 Å². The Morgan fingerprint density at radius 1 is 1.10 bits per heavy atom. The van der Waals surface area contributed by atoms with E-state index in [9.17, 15) is 0 Å². The van der Waals surface area contributed by atoms with Gasteiger partial charge >= 0.3 is 0 Å². The van der Waals surface area contributed by atoms with E-state index in [4.69, 9.17) is 4.42 Å². The molecule has 2 aromatic rings. The predicted molar refractivity (Wildman–Crippen MR) is 81.1 cm³/mol. The first-order chi connectivity index (χ1) is 9.81. The van der Waals surface area contributed by atoms with Gasteiger partial charge in [0.1, 0.15) is 0 Å². The molecule has 1 saturated carbocycles. The quantitative estimate of drug-likeness (QED) is 0.919. The monoisotopic (exact) mass is 335 g/mol. The van der Waals surface area contributed by atoms with E-state index in [1.807, 2.05) is 24.3 Å². The molecular formula is C15H18BrN3O. The van der Waals surface area contributed by atoms with Crippen LogP contribution in [0.4, 0.5) is 0 Å². The summed E-state index contributed by atoms with van der Waals surface area (Å²) in [5.74, 6) is 1.24. The molecule has 1 heterocycles. The highest BCUT2D eigenvalue weighted by Crippen LogP contribution is 2.21. The van der Waals surface area contributed by atoms with E-state index >= 15 is 0 Å². The Kier molecular flexibility index (Phi) is 4.47. The maximum Gasteiger partial charge on any atom is 0.247 e. The van der Waals surface area contributed by atoms with E-state index in [2.05, 4.69) is 31.4 Å². The van der Waals surface area contributed by atoms with Crippen LogP contribution >= 0.6 is 15.9 Å². The third-order valence-electron chi connectivity index (χ3n) is 3.71. The summed E-state index contributed by atoms with van der Waals surface area (Å²) < 4.78 is 6.74. The van der Waals surface area contributed by atoms with Crippen LogP contribution in [0.1, 0.15) is 38.0 Å². The molecule has 4 nitrogen and oxygen atoms in total. The third kappa shape index (κ3) is 3.46. The summed E-state index contributed by atoms with van der Waals surface area (Å²) in [4.78, 5) is 0. The molecule has 20 heavy (non-hydrogen) atoms. The second-order valence-electron chi connectivity index (χ2n) is 5.22. The minimum atomic E-state index is 0.581. The van der Waals surface area contributed by atoms with Crippen LogP contribution in [0.15, 0.2) is 33.2 Å². The van der Waals surface area contributed by atoms with Crippen molar-refractivity contribution in [3.8, 4) is 11.5 Å². The van der Waals surface area contributed by atoms with E-state index < -0.39 is 0 Å². The van der Waals surface area contributed by atoms with Crippen molar-refractivity contribution in [2.45, 2.75) is 44.7 Å². The maximum atomic E-state index is 5.70. The Labute approximate surface area is 127 Å². The fourth-order valence-electron chi connectivity index (χ4n) is 2.57. The van der Waals surface area contributed by atoms with Crippen molar-refractivity contribution in [3.05, 3.63) is 34.6 Å². The molecule has 5 heteroatoms. The molecule has 0 unspecified atom stereocenters. The number of aromatic nitrogens is 2. The van der Waals surface area contributed by atoms with E-state index in [1.165, 1.54) is 32.1 Å². The first kappa shape index (κ1) is 13.8. The molecule has 1 aromatic carbocycles. The van der Waals surface area contributed by atoms with Gasteiger partial charge < -0.3 is 9.73 Å². The molecule has 0 atom stereocenters. The van der Waals surface area contributed by atoms with Crippen molar-refractivity contribution < 1.29 is 4.42 Å². The number of nitrogens with zero attached hydrogens (tertiary/aromatic N) is 2. The van der Waals surface area contributed by atoms with Gasteiger partial charge in [-0.2, -0.15) is 0 Å². The Balaban J connectivity index is 1.60. The molecule has 3 rings (SSSR count). The van der Waals surface area contributed by atoms with Crippen LogP contribution in [0, 0.1) is 0 Å². The average molecular weight is 336 g/mol. The van der Waals surface area contributed by atoms with Crippen LogP contribution in [-0.2, 0) is 6.54 Å². The molecule has 0 saturated heterocycles. The van der Waals surface area contributed by atoms with Gasteiger partial charge in [0, 0.05) is 16.1 Å². The number of hydrogen-bond donors (Lipinski definition) is 1. The minimum absolute atomic E-state index is 0.581. The van der Waals surface area contributed by atoms with Gasteiger partial charge in [0.05, 0.1) is 6.54 Å². The Bertz CT molecular complexity index is 547. The van der Waals surface area contributed by atoms with Gasteiger partial charge in [-0.05, 0) is 37.1 Å². The molecule has 1 aliphatic carbocycles. The lowest BCUT2D eigenvalue weighted by Gasteiger charge is -2.21. The van der Waals surface area contributed by atoms with Crippen molar-refractivity contribution in [3.63, 3.8) is 0 Å². The SMILES string of the molecule is Brc1ccc(-c2nnc(CNC3CCCCC3)o2)cc1. The van der Waals surface area contributed by atoms with Crippen molar-refractivity contribution >= 4 is 15.9 Å². The number of rotatable bonds is 4. The molecule has 1 N–H and O–H groups in total. The minimum Gasteiger partial charge on any atom is -0.419 e. The van der Waals surface area contributed by atoms with E-state index in [-0.39, 0.29) is 0 Å². The predicted octanol–water partition coefficient (Wildman–Crippen LogP) is 3.92. The lowest BCUT2D eigenvalue weighted by Crippen LogP contribution is -2.30. The molecule has 0 amide bonds. The summed E-state index contributed by atoms with van der Waals surface area (Å²) in [7, 11) is 0. The highest BCUT2D eigenvalue weighted by molar-refractivity contribution is 9.10. The van der Waals surface area contributed by atoms with Crippen LogP contribution in [-0.4, -0.2) is 16.2 Å². The standard InChI is InChI=1S/C15H18BrN3O/c16-12-8-6-11(7-9-12)15-19-18-14(20-15)10-17-13-4-2-1-3-5-13/h6-9,13,17H,1-5,10H2. The maximum absolute atomic E-state index is 5.70. The van der Waals surface area contributed by atoms with Gasteiger partial charge in [0.15, 0.2) is 0 Å². The number of nitrogens with one attached hydrogen (secondary N) is 1. The topological polar surface area (TPSA) is 51.0 Å². The zero-order valence-electron chi connectivity index (χ0n) is 11.3. The average Bonchev–Trinajstić information content (AvgIpc) is 2.96.